The van der Waals surface area contributed by atoms with E-state index in [9.17, 15) is 4.79 Å². The van der Waals surface area contributed by atoms with Crippen LogP contribution >= 0.6 is 34.0 Å². The maximum atomic E-state index is 12.4. The highest BCUT2D eigenvalue weighted by Gasteiger charge is 2.16. The summed E-state index contributed by atoms with van der Waals surface area (Å²) in [5, 5.41) is 14.0. The van der Waals surface area contributed by atoms with Crippen LogP contribution in [0.2, 0.25) is 0 Å². The molecule has 1 amide bonds. The van der Waals surface area contributed by atoms with Crippen molar-refractivity contribution in [2.75, 3.05) is 6.54 Å². The van der Waals surface area contributed by atoms with E-state index in [0.29, 0.717) is 23.1 Å². The molecule has 0 atom stereocenters. The second kappa shape index (κ2) is 9.43. The minimum Gasteiger partial charge on any atom is -0.351 e. The van der Waals surface area contributed by atoms with E-state index in [4.69, 9.17) is 4.52 Å². The lowest BCUT2D eigenvalue weighted by Gasteiger charge is -2.03. The molecule has 0 bridgehead atoms. The van der Waals surface area contributed by atoms with Crippen LogP contribution in [0.3, 0.4) is 0 Å². The lowest BCUT2D eigenvalue weighted by molar-refractivity contribution is 0.0956. The van der Waals surface area contributed by atoms with Crippen molar-refractivity contribution in [2.24, 2.45) is 0 Å². The fraction of sp³-hybridized carbons (Fsp3) is 0.300. The number of rotatable bonds is 9. The van der Waals surface area contributed by atoms with Crippen LogP contribution in [0.4, 0.5) is 0 Å². The van der Waals surface area contributed by atoms with Crippen molar-refractivity contribution in [1.29, 1.82) is 0 Å². The van der Waals surface area contributed by atoms with Crippen LogP contribution in [0, 0.1) is 6.92 Å². The van der Waals surface area contributed by atoms with Crippen molar-refractivity contribution in [3.05, 3.63) is 50.8 Å². The van der Waals surface area contributed by atoms with Crippen molar-refractivity contribution in [2.45, 2.75) is 32.6 Å². The number of nitrogens with zero attached hydrogens (tertiary/aromatic N) is 3. The normalized spacial score (nSPS) is 11.1. The van der Waals surface area contributed by atoms with Crippen molar-refractivity contribution >= 4 is 39.9 Å². The fourth-order valence-electron chi connectivity index (χ4n) is 2.84. The molecule has 0 aromatic carbocycles. The molecular weight excluding hydrogens is 424 g/mol. The van der Waals surface area contributed by atoms with Gasteiger partial charge in [0, 0.05) is 23.9 Å². The molecule has 0 aliphatic heterocycles. The van der Waals surface area contributed by atoms with Crippen molar-refractivity contribution in [3.8, 4) is 21.3 Å². The molecule has 0 radical (unpaired) electrons. The number of hydrogen-bond acceptors (Lipinski definition) is 8. The number of amides is 1. The first-order chi connectivity index (χ1) is 14.2. The molecule has 4 heterocycles. The monoisotopic (exact) mass is 444 g/mol. The SMILES string of the molecule is Cc1nc(-c2ccsc2)sc1C(=O)NCCCCCc1nc(-c2cccs2)no1. The molecule has 150 valence electrons. The Balaban J connectivity index is 1.18. The van der Waals surface area contributed by atoms with Crippen LogP contribution in [0.1, 0.15) is 40.5 Å². The molecule has 4 aromatic rings. The van der Waals surface area contributed by atoms with Crippen molar-refractivity contribution in [3.63, 3.8) is 0 Å². The van der Waals surface area contributed by atoms with Gasteiger partial charge in [0.25, 0.3) is 5.91 Å². The van der Waals surface area contributed by atoms with Gasteiger partial charge in [-0.05, 0) is 42.7 Å². The highest BCUT2D eigenvalue weighted by molar-refractivity contribution is 7.17. The topological polar surface area (TPSA) is 80.9 Å². The molecule has 29 heavy (non-hydrogen) atoms. The predicted molar refractivity (Wildman–Crippen MR) is 118 cm³/mol. The van der Waals surface area contributed by atoms with Crippen molar-refractivity contribution < 1.29 is 9.32 Å². The first kappa shape index (κ1) is 19.9. The molecule has 0 aliphatic rings. The Labute approximate surface area is 180 Å². The van der Waals surface area contributed by atoms with Gasteiger partial charge in [-0.15, -0.1) is 22.7 Å². The summed E-state index contributed by atoms with van der Waals surface area (Å²) >= 11 is 4.68. The van der Waals surface area contributed by atoms with Gasteiger partial charge in [-0.2, -0.15) is 16.3 Å². The quantitative estimate of drug-likeness (QED) is 0.348. The number of carbonyl (C=O) groups excluding carboxylic acids is 1. The number of aryl methyl sites for hydroxylation is 2. The molecule has 0 fully saturated rings. The molecule has 6 nitrogen and oxygen atoms in total. The third-order valence-corrected chi connectivity index (χ3v) is 7.09. The van der Waals surface area contributed by atoms with E-state index in [-0.39, 0.29) is 5.91 Å². The van der Waals surface area contributed by atoms with Gasteiger partial charge in [0.05, 0.1) is 10.6 Å². The van der Waals surface area contributed by atoms with Gasteiger partial charge in [-0.25, -0.2) is 4.98 Å². The minimum atomic E-state index is -0.0426. The molecule has 4 aromatic heterocycles. The largest absolute Gasteiger partial charge is 0.351 e. The van der Waals surface area contributed by atoms with E-state index in [1.807, 2.05) is 41.3 Å². The number of nitrogens with one attached hydrogen (secondary N) is 1. The molecule has 0 saturated heterocycles. The van der Waals surface area contributed by atoms with Crippen LogP contribution in [0.5, 0.6) is 0 Å². The standard InChI is InChI=1S/C20H20N4O2S3/c1-13-17(29-20(22-13)14-8-11-27-12-14)19(25)21-9-4-2-3-7-16-23-18(24-26-16)15-6-5-10-28-15/h5-6,8,10-12H,2-4,7,9H2,1H3,(H,21,25). The summed E-state index contributed by atoms with van der Waals surface area (Å²) in [6, 6.07) is 5.98. The Morgan fingerprint density at radius 2 is 2.10 bits per heavy atom. The number of hydrogen-bond donors (Lipinski definition) is 1. The fourth-order valence-corrected chi connectivity index (χ4v) is 5.18. The van der Waals surface area contributed by atoms with Gasteiger partial charge in [-0.3, -0.25) is 4.79 Å². The third kappa shape index (κ3) is 4.98. The molecule has 0 aliphatic carbocycles. The zero-order valence-electron chi connectivity index (χ0n) is 15.9. The maximum absolute atomic E-state index is 12.4. The molecular formula is C20H20N4O2S3. The number of thiazole rings is 1. The molecule has 0 spiro atoms. The minimum absolute atomic E-state index is 0.0426. The highest BCUT2D eigenvalue weighted by atomic mass is 32.1. The summed E-state index contributed by atoms with van der Waals surface area (Å²) in [7, 11) is 0. The zero-order valence-corrected chi connectivity index (χ0v) is 18.3. The lowest BCUT2D eigenvalue weighted by atomic mass is 10.2. The van der Waals surface area contributed by atoms with Crippen LogP contribution < -0.4 is 5.32 Å². The Morgan fingerprint density at radius 3 is 2.90 bits per heavy atom. The average Bonchev–Trinajstić information content (AvgIpc) is 3.51. The number of carbonyl (C=O) groups is 1. The Hall–Kier alpha value is -2.36. The van der Waals surface area contributed by atoms with E-state index in [0.717, 1.165) is 46.8 Å². The van der Waals surface area contributed by atoms with Gasteiger partial charge in [-0.1, -0.05) is 17.6 Å². The van der Waals surface area contributed by atoms with Crippen LogP contribution in [0.25, 0.3) is 21.3 Å². The lowest BCUT2D eigenvalue weighted by Crippen LogP contribution is -2.24. The smallest absolute Gasteiger partial charge is 0.263 e. The molecule has 0 saturated carbocycles. The number of unbranched alkanes of at least 4 members (excludes halogenated alkanes) is 2. The maximum Gasteiger partial charge on any atom is 0.263 e. The molecule has 0 unspecified atom stereocenters. The predicted octanol–water partition coefficient (Wildman–Crippen LogP) is 5.43. The van der Waals surface area contributed by atoms with E-state index >= 15 is 0 Å². The Kier molecular flexibility index (Phi) is 6.48. The summed E-state index contributed by atoms with van der Waals surface area (Å²) < 4.78 is 5.31. The first-order valence-corrected chi connectivity index (χ1v) is 12.0. The van der Waals surface area contributed by atoms with E-state index < -0.39 is 0 Å². The number of aromatic nitrogens is 3. The second-order valence-electron chi connectivity index (χ2n) is 6.50. The Bertz CT molecular complexity index is 1050. The van der Waals surface area contributed by atoms with Crippen LogP contribution in [-0.2, 0) is 6.42 Å². The third-order valence-electron chi connectivity index (χ3n) is 4.33. The second-order valence-corrected chi connectivity index (χ2v) is 9.23. The summed E-state index contributed by atoms with van der Waals surface area (Å²) in [6.07, 6.45) is 3.60. The first-order valence-electron chi connectivity index (χ1n) is 9.35. The van der Waals surface area contributed by atoms with Gasteiger partial charge in [0.2, 0.25) is 11.7 Å². The summed E-state index contributed by atoms with van der Waals surface area (Å²) in [4.78, 5) is 23.1. The summed E-state index contributed by atoms with van der Waals surface area (Å²) in [5.74, 6) is 1.28. The Morgan fingerprint density at radius 1 is 1.17 bits per heavy atom. The number of thiophene rings is 2. The molecule has 4 rings (SSSR count). The molecule has 1 N–H and O–H groups in total. The average molecular weight is 445 g/mol. The van der Waals surface area contributed by atoms with Crippen LogP contribution in [-0.4, -0.2) is 27.6 Å². The highest BCUT2D eigenvalue weighted by Crippen LogP contribution is 2.29. The van der Waals surface area contributed by atoms with Crippen molar-refractivity contribution in [1.82, 2.24) is 20.4 Å². The van der Waals surface area contributed by atoms with E-state index in [1.54, 1.807) is 22.7 Å². The zero-order chi connectivity index (χ0) is 20.1. The van der Waals surface area contributed by atoms with Gasteiger partial charge >= 0.3 is 0 Å². The summed E-state index contributed by atoms with van der Waals surface area (Å²) in [5.41, 5.74) is 1.86. The van der Waals surface area contributed by atoms with E-state index in [1.165, 1.54) is 11.3 Å². The van der Waals surface area contributed by atoms with Gasteiger partial charge < -0.3 is 9.84 Å². The summed E-state index contributed by atoms with van der Waals surface area (Å²) in [6.45, 7) is 2.53. The molecule has 9 heteroatoms. The van der Waals surface area contributed by atoms with Gasteiger partial charge in [0.15, 0.2) is 0 Å². The van der Waals surface area contributed by atoms with E-state index in [2.05, 4.69) is 20.4 Å². The van der Waals surface area contributed by atoms with Gasteiger partial charge in [0.1, 0.15) is 9.88 Å². The van der Waals surface area contributed by atoms with Crippen LogP contribution in [0.15, 0.2) is 38.9 Å².